The summed E-state index contributed by atoms with van der Waals surface area (Å²) in [6.07, 6.45) is 5.39. The number of aliphatic carboxylic acids is 1. The minimum atomic E-state index is -0.819. The fourth-order valence-electron chi connectivity index (χ4n) is 4.10. The van der Waals surface area contributed by atoms with E-state index in [0.29, 0.717) is 19.6 Å². The van der Waals surface area contributed by atoms with Gasteiger partial charge in [0.05, 0.1) is 12.6 Å². The molecule has 148 valence electrons. The van der Waals surface area contributed by atoms with E-state index in [1.165, 1.54) is 12.1 Å². The van der Waals surface area contributed by atoms with Crippen LogP contribution in [-0.2, 0) is 4.79 Å². The van der Waals surface area contributed by atoms with E-state index in [9.17, 15) is 14.0 Å². The number of hydrogen-bond acceptors (Lipinski definition) is 3. The number of nitrogens with zero attached hydrogens (tertiary/aromatic N) is 2. The Bertz CT molecular complexity index is 662. The van der Waals surface area contributed by atoms with Crippen LogP contribution in [0.2, 0.25) is 0 Å². The average Bonchev–Trinajstić information content (AvgIpc) is 2.89. The molecule has 6 nitrogen and oxygen atoms in total. The number of rotatable bonds is 4. The first kappa shape index (κ1) is 19.6. The van der Waals surface area contributed by atoms with Gasteiger partial charge in [0.15, 0.2) is 0 Å². The molecule has 2 heterocycles. The molecule has 7 heteroatoms. The van der Waals surface area contributed by atoms with Crippen molar-refractivity contribution in [3.05, 3.63) is 35.6 Å². The van der Waals surface area contributed by atoms with Gasteiger partial charge in [0.25, 0.3) is 0 Å². The highest BCUT2D eigenvalue weighted by Crippen LogP contribution is 2.30. The Hall–Kier alpha value is -2.15. The summed E-state index contributed by atoms with van der Waals surface area (Å²) >= 11 is 0. The third kappa shape index (κ3) is 5.42. The number of amides is 2. The van der Waals surface area contributed by atoms with Crippen molar-refractivity contribution >= 4 is 12.0 Å². The highest BCUT2D eigenvalue weighted by Gasteiger charge is 2.29. The van der Waals surface area contributed by atoms with Crippen LogP contribution in [0.1, 0.15) is 50.1 Å². The molecule has 0 saturated carbocycles. The molecule has 1 unspecified atom stereocenters. The highest BCUT2D eigenvalue weighted by molar-refractivity contribution is 5.75. The van der Waals surface area contributed by atoms with Crippen molar-refractivity contribution < 1.29 is 19.1 Å². The quantitative estimate of drug-likeness (QED) is 0.846. The van der Waals surface area contributed by atoms with Crippen molar-refractivity contribution in [2.24, 2.45) is 0 Å². The summed E-state index contributed by atoms with van der Waals surface area (Å²) in [5.74, 6) is -1.09. The normalized spacial score (nSPS) is 22.3. The number of nitrogens with one attached hydrogen (secondary N) is 1. The predicted molar refractivity (Wildman–Crippen MR) is 99.9 cm³/mol. The lowest BCUT2D eigenvalue weighted by Crippen LogP contribution is -2.50. The maximum absolute atomic E-state index is 13.7. The Balaban J connectivity index is 1.62. The number of hydrogen-bond donors (Lipinski definition) is 2. The second kappa shape index (κ2) is 9.17. The lowest BCUT2D eigenvalue weighted by Gasteiger charge is -2.35. The molecule has 0 spiro atoms. The van der Waals surface area contributed by atoms with Crippen molar-refractivity contribution in [3.63, 3.8) is 0 Å². The van der Waals surface area contributed by atoms with Gasteiger partial charge in [-0.05, 0) is 43.4 Å². The summed E-state index contributed by atoms with van der Waals surface area (Å²) < 4.78 is 13.7. The molecule has 2 aliphatic rings. The predicted octanol–water partition coefficient (Wildman–Crippen LogP) is 3.00. The molecule has 0 aromatic heterocycles. The van der Waals surface area contributed by atoms with Crippen LogP contribution in [0, 0.1) is 5.82 Å². The average molecular weight is 377 g/mol. The number of carboxylic acid groups (broad SMARTS) is 1. The minimum Gasteiger partial charge on any atom is -0.480 e. The van der Waals surface area contributed by atoms with Gasteiger partial charge in [-0.1, -0.05) is 25.0 Å². The third-order valence-corrected chi connectivity index (χ3v) is 5.52. The molecule has 0 bridgehead atoms. The van der Waals surface area contributed by atoms with E-state index < -0.39 is 5.97 Å². The zero-order valence-corrected chi connectivity index (χ0v) is 15.6. The van der Waals surface area contributed by atoms with Crippen LogP contribution in [0.3, 0.4) is 0 Å². The molecule has 2 saturated heterocycles. The van der Waals surface area contributed by atoms with E-state index in [0.717, 1.165) is 44.1 Å². The summed E-state index contributed by atoms with van der Waals surface area (Å²) in [7, 11) is 0. The van der Waals surface area contributed by atoms with Gasteiger partial charge in [-0.2, -0.15) is 0 Å². The van der Waals surface area contributed by atoms with Crippen molar-refractivity contribution in [3.8, 4) is 0 Å². The Labute approximate surface area is 159 Å². The minimum absolute atomic E-state index is 0.0500. The number of carboxylic acids is 1. The smallest absolute Gasteiger partial charge is 0.318 e. The van der Waals surface area contributed by atoms with Gasteiger partial charge in [0.2, 0.25) is 0 Å². The van der Waals surface area contributed by atoms with Crippen LogP contribution in [0.25, 0.3) is 0 Å². The molecule has 2 fully saturated rings. The molecule has 1 aromatic carbocycles. The van der Waals surface area contributed by atoms with Crippen LogP contribution in [0.4, 0.5) is 9.18 Å². The number of benzene rings is 1. The second-order valence-corrected chi connectivity index (χ2v) is 7.51. The highest BCUT2D eigenvalue weighted by atomic mass is 19.1. The summed E-state index contributed by atoms with van der Waals surface area (Å²) in [6.45, 7) is 2.06. The maximum Gasteiger partial charge on any atom is 0.318 e. The zero-order chi connectivity index (χ0) is 19.2. The van der Waals surface area contributed by atoms with Crippen molar-refractivity contribution in [1.29, 1.82) is 0 Å². The first-order valence-corrected chi connectivity index (χ1v) is 9.79. The summed E-state index contributed by atoms with van der Waals surface area (Å²) in [5, 5.41) is 12.0. The number of likely N-dealkylation sites (tertiary alicyclic amines) is 2. The van der Waals surface area contributed by atoms with Gasteiger partial charge < -0.3 is 15.3 Å². The first-order valence-electron chi connectivity index (χ1n) is 9.79. The van der Waals surface area contributed by atoms with Crippen LogP contribution in [0.5, 0.6) is 0 Å². The molecule has 2 N–H and O–H groups in total. The van der Waals surface area contributed by atoms with Crippen LogP contribution in [0.15, 0.2) is 24.3 Å². The summed E-state index contributed by atoms with van der Waals surface area (Å²) in [4.78, 5) is 27.5. The summed E-state index contributed by atoms with van der Waals surface area (Å²) in [6, 6.07) is 6.40. The van der Waals surface area contributed by atoms with Gasteiger partial charge in [-0.3, -0.25) is 9.69 Å². The number of piperidine rings is 1. The summed E-state index contributed by atoms with van der Waals surface area (Å²) in [5.41, 5.74) is 0.850. The Morgan fingerprint density at radius 2 is 1.89 bits per heavy atom. The number of halogens is 1. The van der Waals surface area contributed by atoms with Crippen LogP contribution < -0.4 is 5.32 Å². The molecule has 1 aromatic rings. The maximum atomic E-state index is 13.7. The molecule has 27 heavy (non-hydrogen) atoms. The second-order valence-electron chi connectivity index (χ2n) is 7.51. The molecule has 0 aliphatic carbocycles. The van der Waals surface area contributed by atoms with Gasteiger partial charge in [0.1, 0.15) is 5.82 Å². The number of carbonyl (C=O) groups excluding carboxylic acids is 1. The molecule has 0 radical (unpaired) electrons. The van der Waals surface area contributed by atoms with E-state index in [2.05, 4.69) is 5.32 Å². The SMILES string of the molecule is O=C(O)CN1CCC(NC(=O)N2CCCCCC2c2cccc(F)c2)CC1. The lowest BCUT2D eigenvalue weighted by molar-refractivity contribution is -0.138. The van der Waals surface area contributed by atoms with E-state index in [1.54, 1.807) is 6.07 Å². The lowest BCUT2D eigenvalue weighted by atomic mass is 10.0. The van der Waals surface area contributed by atoms with Crippen LogP contribution in [-0.4, -0.2) is 59.1 Å². The van der Waals surface area contributed by atoms with Gasteiger partial charge in [-0.25, -0.2) is 9.18 Å². The van der Waals surface area contributed by atoms with Gasteiger partial charge >= 0.3 is 12.0 Å². The van der Waals surface area contributed by atoms with E-state index in [4.69, 9.17) is 5.11 Å². The van der Waals surface area contributed by atoms with Crippen molar-refractivity contribution in [2.45, 2.75) is 50.6 Å². The largest absolute Gasteiger partial charge is 0.480 e. The molecule has 2 amide bonds. The fourth-order valence-corrected chi connectivity index (χ4v) is 4.10. The van der Waals surface area contributed by atoms with Crippen LogP contribution >= 0.6 is 0 Å². The number of carbonyl (C=O) groups is 2. The monoisotopic (exact) mass is 377 g/mol. The van der Waals surface area contributed by atoms with Crippen molar-refractivity contribution in [1.82, 2.24) is 15.1 Å². The Kier molecular flexibility index (Phi) is 6.66. The molecule has 2 aliphatic heterocycles. The fraction of sp³-hybridized carbons (Fsp3) is 0.600. The molecular formula is C20H28FN3O3. The third-order valence-electron chi connectivity index (χ3n) is 5.52. The Morgan fingerprint density at radius 3 is 2.59 bits per heavy atom. The first-order chi connectivity index (χ1) is 13.0. The van der Waals surface area contributed by atoms with E-state index >= 15 is 0 Å². The van der Waals surface area contributed by atoms with Gasteiger partial charge in [-0.15, -0.1) is 0 Å². The zero-order valence-electron chi connectivity index (χ0n) is 15.6. The van der Waals surface area contributed by atoms with Crippen molar-refractivity contribution in [2.75, 3.05) is 26.2 Å². The topological polar surface area (TPSA) is 72.9 Å². The molecule has 1 atom stereocenters. The van der Waals surface area contributed by atoms with Gasteiger partial charge in [0, 0.05) is 25.7 Å². The standard InChI is InChI=1S/C20H28FN3O3/c21-16-6-4-5-15(13-16)18-7-2-1-3-10-24(18)20(27)22-17-8-11-23(12-9-17)14-19(25)26/h4-6,13,17-18H,1-3,7-12,14H2,(H,22,27)(H,25,26). The molecule has 3 rings (SSSR count). The molecular weight excluding hydrogens is 349 g/mol. The van der Waals surface area contributed by atoms with E-state index in [-0.39, 0.29) is 30.5 Å². The Morgan fingerprint density at radius 1 is 1.11 bits per heavy atom. The number of urea groups is 1. The van der Waals surface area contributed by atoms with E-state index in [1.807, 2.05) is 15.9 Å².